The smallest absolute Gasteiger partial charge is 0.239 e. The van der Waals surface area contributed by atoms with E-state index in [1.165, 1.54) is 11.8 Å². The van der Waals surface area contributed by atoms with Crippen molar-refractivity contribution < 1.29 is 9.47 Å². The van der Waals surface area contributed by atoms with Gasteiger partial charge in [0, 0.05) is 18.5 Å². The van der Waals surface area contributed by atoms with Crippen LogP contribution in [0.1, 0.15) is 11.1 Å². The third-order valence-corrected chi connectivity index (χ3v) is 3.65. The number of benzene rings is 1. The highest BCUT2D eigenvalue weighted by atomic mass is 35.5. The molecule has 3 rings (SSSR count). The van der Waals surface area contributed by atoms with Crippen LogP contribution in [0.15, 0.2) is 48.8 Å². The quantitative estimate of drug-likeness (QED) is 0.714. The second-order valence-corrected chi connectivity index (χ2v) is 5.43. The lowest BCUT2D eigenvalue weighted by atomic mass is 10.1. The van der Waals surface area contributed by atoms with Gasteiger partial charge in [-0.1, -0.05) is 35.9 Å². The Bertz CT molecular complexity index is 817. The lowest BCUT2D eigenvalue weighted by molar-refractivity contribution is 0.291. The van der Waals surface area contributed by atoms with Crippen LogP contribution in [-0.2, 0) is 6.61 Å². The standard InChI is InChI=1S/C17H16ClN3O2/c1-12-5-3-4-6-13(12)11-23-16-7-8-21(20-16)15-9-14(18)10-19-17(15)22-2/h3-10H,11H2,1-2H3. The molecule has 0 bridgehead atoms. The van der Waals surface area contributed by atoms with E-state index in [-0.39, 0.29) is 0 Å². The van der Waals surface area contributed by atoms with Crippen molar-refractivity contribution in [2.75, 3.05) is 7.11 Å². The maximum Gasteiger partial charge on any atom is 0.239 e. The van der Waals surface area contributed by atoms with E-state index >= 15 is 0 Å². The molecular formula is C17H16ClN3O2. The zero-order valence-corrected chi connectivity index (χ0v) is 13.6. The van der Waals surface area contributed by atoms with Gasteiger partial charge in [0.15, 0.2) is 0 Å². The van der Waals surface area contributed by atoms with Gasteiger partial charge in [0.25, 0.3) is 0 Å². The first-order valence-electron chi connectivity index (χ1n) is 7.10. The fourth-order valence-corrected chi connectivity index (χ4v) is 2.33. The van der Waals surface area contributed by atoms with E-state index in [2.05, 4.69) is 23.1 Å². The molecule has 0 amide bonds. The zero-order chi connectivity index (χ0) is 16.2. The highest BCUT2D eigenvalue weighted by molar-refractivity contribution is 6.30. The minimum absolute atomic E-state index is 0.447. The third-order valence-electron chi connectivity index (χ3n) is 3.44. The average Bonchev–Trinajstić information content (AvgIpc) is 3.03. The second kappa shape index (κ2) is 6.71. The van der Waals surface area contributed by atoms with Crippen LogP contribution in [0.2, 0.25) is 5.02 Å². The lowest BCUT2D eigenvalue weighted by Crippen LogP contribution is -2.02. The number of hydrogen-bond donors (Lipinski definition) is 0. The molecule has 0 aliphatic heterocycles. The lowest BCUT2D eigenvalue weighted by Gasteiger charge is -2.08. The normalized spacial score (nSPS) is 10.6. The number of aryl methyl sites for hydroxylation is 1. The van der Waals surface area contributed by atoms with E-state index in [1.807, 2.05) is 18.2 Å². The van der Waals surface area contributed by atoms with Crippen LogP contribution in [-0.4, -0.2) is 21.9 Å². The summed E-state index contributed by atoms with van der Waals surface area (Å²) in [6, 6.07) is 11.6. The Morgan fingerprint density at radius 2 is 2.04 bits per heavy atom. The topological polar surface area (TPSA) is 49.2 Å². The van der Waals surface area contributed by atoms with Crippen LogP contribution < -0.4 is 9.47 Å². The highest BCUT2D eigenvalue weighted by Gasteiger charge is 2.10. The molecule has 0 atom stereocenters. The fraction of sp³-hybridized carbons (Fsp3) is 0.176. The van der Waals surface area contributed by atoms with Crippen LogP contribution >= 0.6 is 11.6 Å². The summed E-state index contributed by atoms with van der Waals surface area (Å²) in [4.78, 5) is 4.13. The van der Waals surface area contributed by atoms with Gasteiger partial charge in [-0.05, 0) is 24.1 Å². The van der Waals surface area contributed by atoms with E-state index in [0.717, 1.165) is 5.56 Å². The Labute approximate surface area is 139 Å². The summed E-state index contributed by atoms with van der Waals surface area (Å²) in [5, 5.41) is 4.90. The number of halogens is 1. The second-order valence-electron chi connectivity index (χ2n) is 5.00. The minimum atomic E-state index is 0.447. The SMILES string of the molecule is COc1ncc(Cl)cc1-n1ccc(OCc2ccccc2C)n1. The molecule has 0 N–H and O–H groups in total. The monoisotopic (exact) mass is 329 g/mol. The van der Waals surface area contributed by atoms with Crippen LogP contribution in [0, 0.1) is 6.92 Å². The van der Waals surface area contributed by atoms with Crippen LogP contribution in [0.3, 0.4) is 0 Å². The average molecular weight is 330 g/mol. The van der Waals surface area contributed by atoms with E-state index in [0.29, 0.717) is 29.1 Å². The Kier molecular flexibility index (Phi) is 4.48. The summed E-state index contributed by atoms with van der Waals surface area (Å²) in [6.07, 6.45) is 3.31. The maximum absolute atomic E-state index is 6.00. The minimum Gasteiger partial charge on any atom is -0.479 e. The molecule has 0 saturated carbocycles. The van der Waals surface area contributed by atoms with Gasteiger partial charge in [0.1, 0.15) is 12.3 Å². The van der Waals surface area contributed by atoms with Crippen molar-refractivity contribution in [2.24, 2.45) is 0 Å². The molecule has 0 aliphatic carbocycles. The number of aromatic nitrogens is 3. The van der Waals surface area contributed by atoms with Gasteiger partial charge in [-0.25, -0.2) is 9.67 Å². The van der Waals surface area contributed by atoms with E-state index in [1.54, 1.807) is 30.1 Å². The van der Waals surface area contributed by atoms with E-state index in [4.69, 9.17) is 21.1 Å². The predicted molar refractivity (Wildman–Crippen MR) is 88.4 cm³/mol. The molecule has 0 radical (unpaired) electrons. The molecule has 2 heterocycles. The van der Waals surface area contributed by atoms with Crippen LogP contribution in [0.5, 0.6) is 11.8 Å². The Morgan fingerprint density at radius 3 is 2.83 bits per heavy atom. The summed E-state index contributed by atoms with van der Waals surface area (Å²) >= 11 is 6.00. The summed E-state index contributed by atoms with van der Waals surface area (Å²) in [5.41, 5.74) is 2.97. The number of hydrogen-bond acceptors (Lipinski definition) is 4. The van der Waals surface area contributed by atoms with Crippen LogP contribution in [0.4, 0.5) is 0 Å². The number of pyridine rings is 1. The van der Waals surface area contributed by atoms with Gasteiger partial charge in [0.2, 0.25) is 11.8 Å². The summed E-state index contributed by atoms with van der Waals surface area (Å²) in [7, 11) is 1.55. The van der Waals surface area contributed by atoms with Crippen molar-refractivity contribution in [2.45, 2.75) is 13.5 Å². The van der Waals surface area contributed by atoms with Crippen molar-refractivity contribution in [1.29, 1.82) is 0 Å². The Morgan fingerprint density at radius 1 is 1.22 bits per heavy atom. The first kappa shape index (κ1) is 15.4. The number of methoxy groups -OCH3 is 1. The molecule has 1 aromatic carbocycles. The van der Waals surface area contributed by atoms with E-state index in [9.17, 15) is 0 Å². The first-order chi connectivity index (χ1) is 11.2. The molecule has 3 aromatic rings. The molecule has 6 heteroatoms. The van der Waals surface area contributed by atoms with Crippen molar-refractivity contribution >= 4 is 11.6 Å². The molecule has 0 aliphatic rings. The summed E-state index contributed by atoms with van der Waals surface area (Å²) in [6.45, 7) is 2.52. The van der Waals surface area contributed by atoms with Gasteiger partial charge in [-0.2, -0.15) is 0 Å². The Hall–Kier alpha value is -2.53. The number of ether oxygens (including phenoxy) is 2. The molecule has 0 saturated heterocycles. The molecule has 0 spiro atoms. The molecular weight excluding hydrogens is 314 g/mol. The largest absolute Gasteiger partial charge is 0.479 e. The van der Waals surface area contributed by atoms with Gasteiger partial charge in [-0.3, -0.25) is 0 Å². The van der Waals surface area contributed by atoms with E-state index < -0.39 is 0 Å². The molecule has 23 heavy (non-hydrogen) atoms. The summed E-state index contributed by atoms with van der Waals surface area (Å²) in [5.74, 6) is 0.971. The fourth-order valence-electron chi connectivity index (χ4n) is 2.18. The van der Waals surface area contributed by atoms with Crippen LogP contribution in [0.25, 0.3) is 5.69 Å². The Balaban J connectivity index is 1.79. The molecule has 2 aromatic heterocycles. The molecule has 0 fully saturated rings. The van der Waals surface area contributed by atoms with Gasteiger partial charge >= 0.3 is 0 Å². The molecule has 5 nitrogen and oxygen atoms in total. The van der Waals surface area contributed by atoms with Gasteiger partial charge < -0.3 is 9.47 Å². The third kappa shape index (κ3) is 3.46. The zero-order valence-electron chi connectivity index (χ0n) is 12.9. The van der Waals surface area contributed by atoms with Gasteiger partial charge in [-0.15, -0.1) is 5.10 Å². The molecule has 0 unspecified atom stereocenters. The summed E-state index contributed by atoms with van der Waals surface area (Å²) < 4.78 is 12.6. The first-order valence-corrected chi connectivity index (χ1v) is 7.48. The van der Waals surface area contributed by atoms with Gasteiger partial charge in [0.05, 0.1) is 12.1 Å². The maximum atomic E-state index is 6.00. The highest BCUT2D eigenvalue weighted by Crippen LogP contribution is 2.24. The van der Waals surface area contributed by atoms with Crippen molar-refractivity contribution in [3.05, 3.63) is 64.9 Å². The van der Waals surface area contributed by atoms with Crippen molar-refractivity contribution in [1.82, 2.24) is 14.8 Å². The predicted octanol–water partition coefficient (Wildman–Crippen LogP) is 3.82. The van der Waals surface area contributed by atoms with Crippen molar-refractivity contribution in [3.8, 4) is 17.4 Å². The number of nitrogens with zero attached hydrogens (tertiary/aromatic N) is 3. The number of rotatable bonds is 5. The molecule has 118 valence electrons. The van der Waals surface area contributed by atoms with Crippen molar-refractivity contribution in [3.63, 3.8) is 0 Å².